The number of aromatic nitrogens is 2. The van der Waals surface area contributed by atoms with Crippen LogP contribution in [0.15, 0.2) is 35.1 Å². The number of nitrogen functional groups attached to an aromatic ring is 1. The highest BCUT2D eigenvalue weighted by Gasteiger charge is 2.22. The second kappa shape index (κ2) is 5.61. The molecular formula is C11H8BrN5O3. The summed E-state index contributed by atoms with van der Waals surface area (Å²) in [5.74, 6) is -0.423. The van der Waals surface area contributed by atoms with Gasteiger partial charge in [-0.3, -0.25) is 14.9 Å². The van der Waals surface area contributed by atoms with Crippen molar-refractivity contribution in [3.05, 3.63) is 50.7 Å². The first-order valence-corrected chi connectivity index (χ1v) is 6.10. The van der Waals surface area contributed by atoms with Crippen molar-refractivity contribution in [2.45, 2.75) is 0 Å². The number of amides is 1. The minimum atomic E-state index is -0.700. The molecule has 0 saturated heterocycles. The number of carbonyl (C=O) groups is 1. The first kappa shape index (κ1) is 13.9. The Morgan fingerprint density at radius 2 is 2.20 bits per heavy atom. The van der Waals surface area contributed by atoms with Crippen LogP contribution in [0.2, 0.25) is 0 Å². The summed E-state index contributed by atoms with van der Waals surface area (Å²) in [7, 11) is 0. The highest BCUT2D eigenvalue weighted by Crippen LogP contribution is 2.23. The van der Waals surface area contributed by atoms with Crippen molar-refractivity contribution < 1.29 is 9.72 Å². The van der Waals surface area contributed by atoms with Crippen LogP contribution in [0.25, 0.3) is 0 Å². The van der Waals surface area contributed by atoms with E-state index in [-0.39, 0.29) is 17.2 Å². The standard InChI is InChI=1S/C11H8BrN5O3/c12-7-2-1-3-14-10(7)16-11(18)6-4-9(13)15-5-8(6)17(19)20/h1-5H,(H2,13,15)(H,14,16,18). The predicted octanol–water partition coefficient (Wildman–Crippen LogP) is 1.98. The van der Waals surface area contributed by atoms with E-state index in [4.69, 9.17) is 5.73 Å². The lowest BCUT2D eigenvalue weighted by molar-refractivity contribution is -0.385. The largest absolute Gasteiger partial charge is 0.384 e. The number of hydrogen-bond acceptors (Lipinski definition) is 6. The van der Waals surface area contributed by atoms with Gasteiger partial charge in [0.2, 0.25) is 0 Å². The molecule has 8 nitrogen and oxygen atoms in total. The van der Waals surface area contributed by atoms with Gasteiger partial charge in [0.05, 0.1) is 9.40 Å². The number of carbonyl (C=O) groups excluding carboxylic acids is 1. The molecule has 20 heavy (non-hydrogen) atoms. The van der Waals surface area contributed by atoms with Gasteiger partial charge in [0, 0.05) is 6.20 Å². The average Bonchev–Trinajstić information content (AvgIpc) is 2.40. The van der Waals surface area contributed by atoms with E-state index in [1.54, 1.807) is 12.1 Å². The van der Waals surface area contributed by atoms with Crippen LogP contribution < -0.4 is 11.1 Å². The van der Waals surface area contributed by atoms with Crippen LogP contribution in [0.1, 0.15) is 10.4 Å². The van der Waals surface area contributed by atoms with Gasteiger partial charge in [-0.25, -0.2) is 9.97 Å². The fourth-order valence-corrected chi connectivity index (χ4v) is 1.80. The topological polar surface area (TPSA) is 124 Å². The molecule has 1 amide bonds. The van der Waals surface area contributed by atoms with Crippen molar-refractivity contribution in [2.24, 2.45) is 0 Å². The number of pyridine rings is 2. The van der Waals surface area contributed by atoms with Crippen LogP contribution in [-0.2, 0) is 0 Å². The van der Waals surface area contributed by atoms with E-state index in [2.05, 4.69) is 31.2 Å². The Hall–Kier alpha value is -2.55. The Morgan fingerprint density at radius 1 is 1.45 bits per heavy atom. The lowest BCUT2D eigenvalue weighted by Crippen LogP contribution is -2.16. The molecule has 3 N–H and O–H groups in total. The molecule has 9 heteroatoms. The van der Waals surface area contributed by atoms with E-state index in [0.29, 0.717) is 4.47 Å². The maximum absolute atomic E-state index is 12.1. The fourth-order valence-electron chi connectivity index (χ4n) is 1.44. The van der Waals surface area contributed by atoms with Crippen LogP contribution in [0.4, 0.5) is 17.3 Å². The van der Waals surface area contributed by atoms with E-state index in [1.807, 2.05) is 0 Å². The molecule has 2 aromatic rings. The summed E-state index contributed by atoms with van der Waals surface area (Å²) < 4.78 is 0.554. The van der Waals surface area contributed by atoms with E-state index in [1.165, 1.54) is 6.20 Å². The molecule has 2 rings (SSSR count). The molecule has 0 unspecified atom stereocenters. The second-order valence-corrected chi connectivity index (χ2v) is 4.53. The van der Waals surface area contributed by atoms with E-state index < -0.39 is 16.5 Å². The van der Waals surface area contributed by atoms with Gasteiger partial charge < -0.3 is 11.1 Å². The minimum absolute atomic E-state index is 0.0147. The lowest BCUT2D eigenvalue weighted by Gasteiger charge is -2.06. The van der Waals surface area contributed by atoms with Crippen LogP contribution in [0.5, 0.6) is 0 Å². The number of nitrogens with one attached hydrogen (secondary N) is 1. The van der Waals surface area contributed by atoms with Gasteiger partial charge in [0.1, 0.15) is 23.4 Å². The maximum atomic E-state index is 12.1. The van der Waals surface area contributed by atoms with Gasteiger partial charge in [-0.1, -0.05) is 0 Å². The highest BCUT2D eigenvalue weighted by atomic mass is 79.9. The number of hydrogen-bond donors (Lipinski definition) is 2. The maximum Gasteiger partial charge on any atom is 0.300 e. The fraction of sp³-hybridized carbons (Fsp3) is 0. The zero-order valence-corrected chi connectivity index (χ0v) is 11.5. The number of anilines is 2. The van der Waals surface area contributed by atoms with Gasteiger partial charge in [-0.2, -0.15) is 0 Å². The molecular weight excluding hydrogens is 330 g/mol. The molecule has 0 fully saturated rings. The summed E-state index contributed by atoms with van der Waals surface area (Å²) in [6.45, 7) is 0. The number of nitrogens with zero attached hydrogens (tertiary/aromatic N) is 3. The van der Waals surface area contributed by atoms with Gasteiger partial charge in [0.15, 0.2) is 0 Å². The first-order chi connectivity index (χ1) is 9.49. The monoisotopic (exact) mass is 337 g/mol. The molecule has 0 aliphatic rings. The molecule has 0 aliphatic carbocycles. The van der Waals surface area contributed by atoms with Crippen molar-refractivity contribution in [2.75, 3.05) is 11.1 Å². The summed E-state index contributed by atoms with van der Waals surface area (Å²) in [6.07, 6.45) is 2.42. The zero-order chi connectivity index (χ0) is 14.7. The Morgan fingerprint density at radius 3 is 2.85 bits per heavy atom. The molecule has 0 bridgehead atoms. The SMILES string of the molecule is Nc1cc(C(=O)Nc2ncccc2Br)c([N+](=O)[O-])cn1. The van der Waals surface area contributed by atoms with Gasteiger partial charge >= 0.3 is 0 Å². The van der Waals surface area contributed by atoms with Crippen LogP contribution in [-0.4, -0.2) is 20.8 Å². The summed E-state index contributed by atoms with van der Waals surface area (Å²) in [4.78, 5) is 29.8. The third-order valence-electron chi connectivity index (χ3n) is 2.34. The molecule has 0 atom stereocenters. The highest BCUT2D eigenvalue weighted by molar-refractivity contribution is 9.10. The molecule has 102 valence electrons. The van der Waals surface area contributed by atoms with Crippen LogP contribution in [0, 0.1) is 10.1 Å². The molecule has 2 heterocycles. The second-order valence-electron chi connectivity index (χ2n) is 3.67. The number of nitrogens with two attached hydrogens (primary N) is 1. The van der Waals surface area contributed by atoms with Crippen molar-refractivity contribution >= 4 is 39.2 Å². The normalized spacial score (nSPS) is 10.1. The quantitative estimate of drug-likeness (QED) is 0.651. The van der Waals surface area contributed by atoms with Gasteiger partial charge in [0.25, 0.3) is 11.6 Å². The Balaban J connectivity index is 2.37. The van der Waals surface area contributed by atoms with E-state index >= 15 is 0 Å². The number of halogens is 1. The average molecular weight is 338 g/mol. The minimum Gasteiger partial charge on any atom is -0.384 e. The van der Waals surface area contributed by atoms with E-state index in [0.717, 1.165) is 12.3 Å². The summed E-state index contributed by atoms with van der Waals surface area (Å²) in [5.41, 5.74) is 4.84. The van der Waals surface area contributed by atoms with Crippen LogP contribution >= 0.6 is 15.9 Å². The lowest BCUT2D eigenvalue weighted by atomic mass is 10.2. The van der Waals surface area contributed by atoms with Crippen molar-refractivity contribution in [1.82, 2.24) is 9.97 Å². The Bertz CT molecular complexity index is 692. The first-order valence-electron chi connectivity index (χ1n) is 5.31. The molecule has 2 aromatic heterocycles. The number of rotatable bonds is 3. The molecule has 0 radical (unpaired) electrons. The van der Waals surface area contributed by atoms with Gasteiger partial charge in [-0.15, -0.1) is 0 Å². The molecule has 0 aromatic carbocycles. The molecule has 0 saturated carbocycles. The third-order valence-corrected chi connectivity index (χ3v) is 2.98. The summed E-state index contributed by atoms with van der Waals surface area (Å²) >= 11 is 3.21. The predicted molar refractivity (Wildman–Crippen MR) is 75.2 cm³/mol. The van der Waals surface area contributed by atoms with Crippen molar-refractivity contribution in [3.63, 3.8) is 0 Å². The zero-order valence-electron chi connectivity index (χ0n) is 9.91. The number of nitro groups is 1. The Kier molecular flexibility index (Phi) is 3.89. The molecule has 0 spiro atoms. The summed E-state index contributed by atoms with van der Waals surface area (Å²) in [6, 6.07) is 4.49. The third kappa shape index (κ3) is 2.88. The van der Waals surface area contributed by atoms with Crippen molar-refractivity contribution in [3.8, 4) is 0 Å². The van der Waals surface area contributed by atoms with E-state index in [9.17, 15) is 14.9 Å². The van der Waals surface area contributed by atoms with Gasteiger partial charge in [-0.05, 0) is 34.1 Å². The smallest absolute Gasteiger partial charge is 0.300 e. The summed E-state index contributed by atoms with van der Waals surface area (Å²) in [5, 5.41) is 13.3. The molecule has 0 aliphatic heterocycles. The van der Waals surface area contributed by atoms with Crippen LogP contribution in [0.3, 0.4) is 0 Å². The van der Waals surface area contributed by atoms with Crippen molar-refractivity contribution in [1.29, 1.82) is 0 Å². The Labute approximate surface area is 121 Å².